The first kappa shape index (κ1) is 12.7. The second-order valence-electron chi connectivity index (χ2n) is 2.39. The normalized spacial score (nSPS) is 8.64. The molecule has 0 heterocycles. The molecule has 5 heteroatoms. The van der Waals surface area contributed by atoms with Crippen molar-refractivity contribution in [3.63, 3.8) is 0 Å². The maximum Gasteiger partial charge on any atom is 0.339 e. The zero-order valence-corrected chi connectivity index (χ0v) is 8.66. The van der Waals surface area contributed by atoms with E-state index in [-0.39, 0.29) is 28.7 Å². The first-order valence-electron chi connectivity index (χ1n) is 3.62. The average Bonchev–Trinajstić information content (AvgIpc) is 2.03. The standard InChI is InChI=1S/C9H8O4.Cr/c1-6(10)13-8-5-3-2-4-7(8)9(11)12;/h2-5H,1H3,(H,11,12);. The van der Waals surface area contributed by atoms with E-state index in [2.05, 4.69) is 4.74 Å². The van der Waals surface area contributed by atoms with E-state index in [4.69, 9.17) is 5.11 Å². The summed E-state index contributed by atoms with van der Waals surface area (Å²) in [6, 6.07) is 5.98. The molecule has 1 aromatic carbocycles. The summed E-state index contributed by atoms with van der Waals surface area (Å²) in [5.74, 6) is -1.58. The number of carboxylic acids is 1. The van der Waals surface area contributed by atoms with Gasteiger partial charge in [0.15, 0.2) is 0 Å². The van der Waals surface area contributed by atoms with Crippen molar-refractivity contribution < 1.29 is 36.8 Å². The second-order valence-corrected chi connectivity index (χ2v) is 2.39. The zero-order chi connectivity index (χ0) is 9.84. The van der Waals surface area contributed by atoms with Crippen LogP contribution in [0.4, 0.5) is 0 Å². The van der Waals surface area contributed by atoms with Crippen LogP contribution in [0.2, 0.25) is 0 Å². The summed E-state index contributed by atoms with van der Waals surface area (Å²) in [5.41, 5.74) is -0.0160. The largest absolute Gasteiger partial charge is 0.478 e. The van der Waals surface area contributed by atoms with Gasteiger partial charge in [0.1, 0.15) is 11.3 Å². The molecule has 14 heavy (non-hydrogen) atoms. The number of aromatic carboxylic acids is 1. The van der Waals surface area contributed by atoms with Crippen LogP contribution in [-0.4, -0.2) is 17.0 Å². The van der Waals surface area contributed by atoms with Crippen LogP contribution in [0.3, 0.4) is 0 Å². The zero-order valence-electron chi connectivity index (χ0n) is 7.39. The number of rotatable bonds is 2. The Morgan fingerprint density at radius 3 is 2.36 bits per heavy atom. The number of hydrogen-bond acceptors (Lipinski definition) is 3. The summed E-state index contributed by atoms with van der Waals surface area (Å²) in [7, 11) is 0. The van der Waals surface area contributed by atoms with Crippen LogP contribution in [0.25, 0.3) is 0 Å². The number of carbonyl (C=O) groups is 2. The molecular weight excluding hydrogens is 224 g/mol. The predicted molar refractivity (Wildman–Crippen MR) is 44.7 cm³/mol. The fourth-order valence-corrected chi connectivity index (χ4v) is 0.887. The Morgan fingerprint density at radius 2 is 1.86 bits per heavy atom. The van der Waals surface area contributed by atoms with Crippen LogP contribution in [0.15, 0.2) is 24.3 Å². The second kappa shape index (κ2) is 5.43. The predicted octanol–water partition coefficient (Wildman–Crippen LogP) is 1.31. The molecule has 0 aliphatic heterocycles. The van der Waals surface area contributed by atoms with Gasteiger partial charge in [0.05, 0.1) is 0 Å². The molecule has 0 spiro atoms. The van der Waals surface area contributed by atoms with Gasteiger partial charge in [-0.3, -0.25) is 4.79 Å². The van der Waals surface area contributed by atoms with Crippen LogP contribution in [-0.2, 0) is 22.2 Å². The van der Waals surface area contributed by atoms with Gasteiger partial charge in [0.2, 0.25) is 0 Å². The Kier molecular flexibility index (Phi) is 4.92. The smallest absolute Gasteiger partial charge is 0.339 e. The van der Waals surface area contributed by atoms with Crippen LogP contribution < -0.4 is 4.74 Å². The first-order chi connectivity index (χ1) is 6.11. The minimum Gasteiger partial charge on any atom is -0.478 e. The fourth-order valence-electron chi connectivity index (χ4n) is 0.887. The topological polar surface area (TPSA) is 63.6 Å². The molecule has 0 radical (unpaired) electrons. The van der Waals surface area contributed by atoms with E-state index in [9.17, 15) is 9.59 Å². The van der Waals surface area contributed by atoms with Gasteiger partial charge in [-0.05, 0) is 12.1 Å². The van der Waals surface area contributed by atoms with Crippen molar-refractivity contribution in [2.45, 2.75) is 6.92 Å². The summed E-state index contributed by atoms with van der Waals surface area (Å²) in [6.07, 6.45) is 0. The molecule has 0 fully saturated rings. The van der Waals surface area contributed by atoms with Gasteiger partial charge in [0, 0.05) is 24.3 Å². The SMILES string of the molecule is CC(=O)Oc1ccccc1C(=O)O.[Cr]. The molecule has 0 atom stereocenters. The van der Waals surface area contributed by atoms with Crippen molar-refractivity contribution in [2.24, 2.45) is 0 Å². The summed E-state index contributed by atoms with van der Waals surface area (Å²) in [5, 5.41) is 8.69. The molecule has 1 aromatic rings. The molecule has 0 amide bonds. The third kappa shape index (κ3) is 3.21. The molecule has 4 nitrogen and oxygen atoms in total. The molecule has 0 unspecified atom stereocenters. The van der Waals surface area contributed by atoms with E-state index < -0.39 is 11.9 Å². The number of hydrogen-bond donors (Lipinski definition) is 1. The van der Waals surface area contributed by atoms with E-state index >= 15 is 0 Å². The molecule has 1 rings (SSSR count). The quantitative estimate of drug-likeness (QED) is 0.616. The Labute approximate surface area is 91.6 Å². The number of carboxylic acid groups (broad SMARTS) is 1. The van der Waals surface area contributed by atoms with Crippen LogP contribution in [0.1, 0.15) is 17.3 Å². The van der Waals surface area contributed by atoms with Gasteiger partial charge in [-0.2, -0.15) is 0 Å². The Balaban J connectivity index is 0.00000169. The van der Waals surface area contributed by atoms with Gasteiger partial charge in [-0.1, -0.05) is 12.1 Å². The van der Waals surface area contributed by atoms with Crippen LogP contribution in [0, 0.1) is 0 Å². The van der Waals surface area contributed by atoms with Gasteiger partial charge < -0.3 is 9.84 Å². The van der Waals surface area contributed by atoms with E-state index in [1.54, 1.807) is 12.1 Å². The Morgan fingerprint density at radius 1 is 1.29 bits per heavy atom. The summed E-state index contributed by atoms with van der Waals surface area (Å²) >= 11 is 0. The Bertz CT molecular complexity index is 348. The summed E-state index contributed by atoms with van der Waals surface area (Å²) in [4.78, 5) is 21.2. The number of esters is 1. The first-order valence-corrected chi connectivity index (χ1v) is 3.62. The Hall–Kier alpha value is -1.31. The van der Waals surface area contributed by atoms with Gasteiger partial charge in [-0.25, -0.2) is 4.79 Å². The molecule has 0 aliphatic rings. The van der Waals surface area contributed by atoms with E-state index in [0.717, 1.165) is 0 Å². The van der Waals surface area contributed by atoms with E-state index in [1.807, 2.05) is 0 Å². The van der Waals surface area contributed by atoms with Crippen molar-refractivity contribution in [3.05, 3.63) is 29.8 Å². The summed E-state index contributed by atoms with van der Waals surface area (Å²) in [6.45, 7) is 1.22. The van der Waals surface area contributed by atoms with Crippen LogP contribution in [0.5, 0.6) is 5.75 Å². The van der Waals surface area contributed by atoms with Crippen molar-refractivity contribution in [3.8, 4) is 5.75 Å². The maximum atomic E-state index is 10.6. The molecule has 0 saturated carbocycles. The molecule has 1 N–H and O–H groups in total. The number of benzene rings is 1. The minimum atomic E-state index is -1.11. The summed E-state index contributed by atoms with van der Waals surface area (Å²) < 4.78 is 4.69. The number of para-hydroxylation sites is 1. The minimum absolute atomic E-state index is 0. The molecular formula is C9H8CrO4. The molecule has 0 bridgehead atoms. The molecule has 74 valence electrons. The third-order valence-corrected chi connectivity index (χ3v) is 1.37. The van der Waals surface area contributed by atoms with Crippen molar-refractivity contribution in [1.82, 2.24) is 0 Å². The number of carbonyl (C=O) groups excluding carboxylic acids is 1. The molecule has 0 saturated heterocycles. The van der Waals surface area contributed by atoms with Crippen molar-refractivity contribution in [2.75, 3.05) is 0 Å². The van der Waals surface area contributed by atoms with Gasteiger partial charge in [0.25, 0.3) is 0 Å². The van der Waals surface area contributed by atoms with Crippen molar-refractivity contribution in [1.29, 1.82) is 0 Å². The van der Waals surface area contributed by atoms with Crippen LogP contribution >= 0.6 is 0 Å². The fraction of sp³-hybridized carbons (Fsp3) is 0.111. The van der Waals surface area contributed by atoms with Gasteiger partial charge in [-0.15, -0.1) is 0 Å². The maximum absolute atomic E-state index is 10.6. The molecule has 0 aromatic heterocycles. The molecule has 0 aliphatic carbocycles. The average molecular weight is 232 g/mol. The van der Waals surface area contributed by atoms with Crippen molar-refractivity contribution >= 4 is 11.9 Å². The van der Waals surface area contributed by atoms with E-state index in [1.165, 1.54) is 19.1 Å². The number of ether oxygens (including phenoxy) is 1. The van der Waals surface area contributed by atoms with E-state index in [0.29, 0.717) is 0 Å². The third-order valence-electron chi connectivity index (χ3n) is 1.37. The monoisotopic (exact) mass is 232 g/mol. The van der Waals surface area contributed by atoms with Gasteiger partial charge >= 0.3 is 11.9 Å².